The molecule has 0 atom stereocenters. The molecule has 0 aliphatic carbocycles. The molecule has 23 heavy (non-hydrogen) atoms. The maximum Gasteiger partial charge on any atom is 0.407 e. The summed E-state index contributed by atoms with van der Waals surface area (Å²) < 4.78 is 7.34. The highest BCUT2D eigenvalue weighted by molar-refractivity contribution is 5.67. The third-order valence-electron chi connectivity index (χ3n) is 4.04. The number of carbonyl (C=O) groups is 1. The Labute approximate surface area is 135 Å². The molecule has 1 aliphatic heterocycles. The van der Waals surface area contributed by atoms with Crippen molar-refractivity contribution < 1.29 is 9.53 Å². The van der Waals surface area contributed by atoms with E-state index < -0.39 is 6.09 Å². The summed E-state index contributed by atoms with van der Waals surface area (Å²) in [6.07, 6.45) is 5.32. The lowest BCUT2D eigenvalue weighted by Gasteiger charge is -2.13. The van der Waals surface area contributed by atoms with E-state index in [9.17, 15) is 4.79 Å². The number of carbonyl (C=O) groups excluding carboxylic acids is 1. The largest absolute Gasteiger partial charge is 0.445 e. The lowest BCUT2D eigenvalue weighted by molar-refractivity contribution is 0.138. The number of ether oxygens (including phenoxy) is 1. The van der Waals surface area contributed by atoms with Crippen molar-refractivity contribution in [1.29, 1.82) is 0 Å². The van der Waals surface area contributed by atoms with Gasteiger partial charge in [-0.15, -0.1) is 10.2 Å². The van der Waals surface area contributed by atoms with Crippen LogP contribution in [-0.4, -0.2) is 20.9 Å². The molecule has 6 nitrogen and oxygen atoms in total. The van der Waals surface area contributed by atoms with Gasteiger partial charge in [-0.1, -0.05) is 43.2 Å². The fourth-order valence-electron chi connectivity index (χ4n) is 2.78. The van der Waals surface area contributed by atoms with Gasteiger partial charge in [0.25, 0.3) is 0 Å². The minimum atomic E-state index is -0.433. The molecule has 2 aromatic rings. The zero-order valence-corrected chi connectivity index (χ0v) is 13.2. The first-order valence-electron chi connectivity index (χ1n) is 8.18. The molecule has 0 unspecified atom stereocenters. The van der Waals surface area contributed by atoms with E-state index in [1.165, 1.54) is 12.8 Å². The predicted molar refractivity (Wildman–Crippen MR) is 85.7 cm³/mol. The molecule has 1 aromatic carbocycles. The molecule has 6 heteroatoms. The lowest BCUT2D eigenvalue weighted by Crippen LogP contribution is -2.26. The Morgan fingerprint density at radius 3 is 2.83 bits per heavy atom. The molecule has 1 aromatic heterocycles. The van der Waals surface area contributed by atoms with Crippen LogP contribution < -0.4 is 5.32 Å². The number of benzene rings is 1. The summed E-state index contributed by atoms with van der Waals surface area (Å²) in [4.78, 5) is 11.8. The van der Waals surface area contributed by atoms with Gasteiger partial charge in [0, 0.05) is 13.0 Å². The Morgan fingerprint density at radius 2 is 1.96 bits per heavy atom. The zero-order valence-electron chi connectivity index (χ0n) is 13.2. The monoisotopic (exact) mass is 314 g/mol. The third kappa shape index (κ3) is 4.31. The number of rotatable bonds is 4. The molecule has 3 rings (SSSR count). The van der Waals surface area contributed by atoms with E-state index in [0.717, 1.165) is 43.0 Å². The van der Waals surface area contributed by atoms with Gasteiger partial charge >= 0.3 is 6.09 Å². The second kappa shape index (κ2) is 7.76. The Morgan fingerprint density at radius 1 is 1.13 bits per heavy atom. The molecular weight excluding hydrogens is 292 g/mol. The van der Waals surface area contributed by atoms with E-state index in [4.69, 9.17) is 4.74 Å². The smallest absolute Gasteiger partial charge is 0.407 e. The first kappa shape index (κ1) is 15.5. The molecule has 0 saturated heterocycles. The van der Waals surface area contributed by atoms with Gasteiger partial charge in [0.2, 0.25) is 0 Å². The molecule has 1 aliphatic rings. The zero-order chi connectivity index (χ0) is 15.9. The molecule has 0 radical (unpaired) electrons. The SMILES string of the molecule is O=C(NCc1nnc2n1CCCCCC2)OCc1ccccc1. The van der Waals surface area contributed by atoms with E-state index in [1.807, 2.05) is 30.3 Å². The van der Waals surface area contributed by atoms with Crippen LogP contribution in [0.25, 0.3) is 0 Å². The first-order valence-corrected chi connectivity index (χ1v) is 8.18. The number of fused-ring (bicyclic) bond motifs is 1. The van der Waals surface area contributed by atoms with Gasteiger partial charge in [0.15, 0.2) is 5.82 Å². The summed E-state index contributed by atoms with van der Waals surface area (Å²) in [6, 6.07) is 9.63. The van der Waals surface area contributed by atoms with Gasteiger partial charge in [0.05, 0.1) is 6.54 Å². The average molecular weight is 314 g/mol. The first-order chi connectivity index (χ1) is 11.3. The third-order valence-corrected chi connectivity index (χ3v) is 4.04. The summed E-state index contributed by atoms with van der Waals surface area (Å²) in [5.41, 5.74) is 0.968. The van der Waals surface area contributed by atoms with Crippen LogP contribution in [0.1, 0.15) is 42.9 Å². The summed E-state index contributed by atoms with van der Waals surface area (Å²) >= 11 is 0. The van der Waals surface area contributed by atoms with Crippen LogP contribution in [0.4, 0.5) is 4.79 Å². The number of hydrogen-bond donors (Lipinski definition) is 1. The molecule has 122 valence electrons. The van der Waals surface area contributed by atoms with Crippen molar-refractivity contribution in [3.8, 4) is 0 Å². The molecule has 0 bridgehead atoms. The van der Waals surface area contributed by atoms with Gasteiger partial charge in [-0.05, 0) is 18.4 Å². The quantitative estimate of drug-likeness (QED) is 0.942. The van der Waals surface area contributed by atoms with Crippen LogP contribution in [0.15, 0.2) is 30.3 Å². The van der Waals surface area contributed by atoms with Crippen LogP contribution >= 0.6 is 0 Å². The average Bonchev–Trinajstić information content (AvgIpc) is 2.92. The molecule has 2 heterocycles. The van der Waals surface area contributed by atoms with Crippen molar-refractivity contribution in [3.05, 3.63) is 47.5 Å². The van der Waals surface area contributed by atoms with Gasteiger partial charge in [0.1, 0.15) is 12.4 Å². The van der Waals surface area contributed by atoms with Crippen LogP contribution in [-0.2, 0) is 30.9 Å². The summed E-state index contributed by atoms with van der Waals surface area (Å²) in [5, 5.41) is 11.2. The summed E-state index contributed by atoms with van der Waals surface area (Å²) in [5.74, 6) is 1.83. The Kier molecular flexibility index (Phi) is 5.24. The van der Waals surface area contributed by atoms with Crippen molar-refractivity contribution in [2.75, 3.05) is 0 Å². The normalized spacial score (nSPS) is 14.4. The van der Waals surface area contributed by atoms with Gasteiger partial charge in [-0.2, -0.15) is 0 Å². The summed E-state index contributed by atoms with van der Waals surface area (Å²) in [7, 11) is 0. The minimum absolute atomic E-state index is 0.268. The molecule has 0 saturated carbocycles. The van der Waals surface area contributed by atoms with Crippen LogP contribution in [0.3, 0.4) is 0 Å². The highest BCUT2D eigenvalue weighted by atomic mass is 16.5. The molecule has 1 N–H and O–H groups in total. The standard InChI is InChI=1S/C17H22N4O2/c22-17(23-13-14-8-4-3-5-9-14)18-12-16-20-19-15-10-6-1-2-7-11-21(15)16/h3-5,8-9H,1-2,6-7,10-13H2,(H,18,22). The predicted octanol–water partition coefficient (Wildman–Crippen LogP) is 2.82. The van der Waals surface area contributed by atoms with Crippen molar-refractivity contribution >= 4 is 6.09 Å². The van der Waals surface area contributed by atoms with E-state index in [2.05, 4.69) is 20.1 Å². The maximum absolute atomic E-state index is 11.8. The van der Waals surface area contributed by atoms with Crippen molar-refractivity contribution in [3.63, 3.8) is 0 Å². The van der Waals surface area contributed by atoms with Crippen molar-refractivity contribution in [2.24, 2.45) is 0 Å². The minimum Gasteiger partial charge on any atom is -0.445 e. The molecular formula is C17H22N4O2. The van der Waals surface area contributed by atoms with E-state index in [0.29, 0.717) is 6.54 Å². The van der Waals surface area contributed by atoms with E-state index >= 15 is 0 Å². The highest BCUT2D eigenvalue weighted by Gasteiger charge is 2.14. The van der Waals surface area contributed by atoms with Crippen molar-refractivity contribution in [1.82, 2.24) is 20.1 Å². The number of aromatic nitrogens is 3. The maximum atomic E-state index is 11.8. The van der Waals surface area contributed by atoms with E-state index in [1.54, 1.807) is 0 Å². The number of aryl methyl sites for hydroxylation is 1. The Balaban J connectivity index is 1.51. The van der Waals surface area contributed by atoms with Gasteiger partial charge in [-0.25, -0.2) is 4.79 Å². The second-order valence-electron chi connectivity index (χ2n) is 5.76. The lowest BCUT2D eigenvalue weighted by atomic mass is 10.1. The molecule has 1 amide bonds. The molecule has 0 fully saturated rings. The fourth-order valence-corrected chi connectivity index (χ4v) is 2.78. The highest BCUT2D eigenvalue weighted by Crippen LogP contribution is 2.14. The van der Waals surface area contributed by atoms with Crippen molar-refractivity contribution in [2.45, 2.75) is 51.8 Å². The Hall–Kier alpha value is -2.37. The van der Waals surface area contributed by atoms with Crippen LogP contribution in [0.5, 0.6) is 0 Å². The van der Waals surface area contributed by atoms with E-state index in [-0.39, 0.29) is 6.61 Å². The topological polar surface area (TPSA) is 69.0 Å². The second-order valence-corrected chi connectivity index (χ2v) is 5.76. The number of hydrogen-bond acceptors (Lipinski definition) is 4. The fraction of sp³-hybridized carbons (Fsp3) is 0.471. The number of nitrogens with one attached hydrogen (secondary N) is 1. The summed E-state index contributed by atoms with van der Waals surface area (Å²) in [6.45, 7) is 1.55. The van der Waals surface area contributed by atoms with Crippen LogP contribution in [0, 0.1) is 0 Å². The molecule has 0 spiro atoms. The number of nitrogens with zero attached hydrogens (tertiary/aromatic N) is 3. The number of amides is 1. The number of alkyl carbamates (subject to hydrolysis) is 1. The van der Waals surface area contributed by atoms with Gasteiger partial charge in [-0.3, -0.25) is 0 Å². The Bertz CT molecular complexity index is 639. The van der Waals surface area contributed by atoms with Crippen LogP contribution in [0.2, 0.25) is 0 Å². The van der Waals surface area contributed by atoms with Gasteiger partial charge < -0.3 is 14.6 Å².